The summed E-state index contributed by atoms with van der Waals surface area (Å²) >= 11 is 0. The van der Waals surface area contributed by atoms with Gasteiger partial charge in [0.25, 0.3) is 0 Å². The minimum Gasteiger partial charge on any atom is -0.478 e. The number of aliphatic hydroxyl groups excluding tert-OH is 3. The Morgan fingerprint density at radius 1 is 1.05 bits per heavy atom. The van der Waals surface area contributed by atoms with Crippen LogP contribution in [0, 0.1) is 0 Å². The van der Waals surface area contributed by atoms with Crippen molar-refractivity contribution < 1.29 is 35.1 Å². The number of aliphatic hydroxyl groups is 3. The van der Waals surface area contributed by atoms with Crippen molar-refractivity contribution in [3.05, 3.63) is 11.6 Å². The molecule has 0 saturated carbocycles. The molecule has 19 heavy (non-hydrogen) atoms. The maximum Gasteiger partial charge on any atom is 0.333 e. The predicted octanol–water partition coefficient (Wildman–Crippen LogP) is -1.49. The van der Waals surface area contributed by atoms with Gasteiger partial charge >= 0.3 is 11.9 Å². The van der Waals surface area contributed by atoms with E-state index in [9.17, 15) is 24.9 Å². The molecule has 3 unspecified atom stereocenters. The molecule has 6 N–H and O–H groups in total. The number of carbonyl (C=O) groups is 2. The van der Waals surface area contributed by atoms with Gasteiger partial charge in [0.2, 0.25) is 0 Å². The third-order valence-corrected chi connectivity index (χ3v) is 2.71. The Morgan fingerprint density at radius 3 is 1.68 bits per heavy atom. The van der Waals surface area contributed by atoms with Crippen molar-refractivity contribution in [1.82, 2.24) is 5.32 Å². The van der Waals surface area contributed by atoms with Gasteiger partial charge in [-0.05, 0) is 20.8 Å². The van der Waals surface area contributed by atoms with Crippen molar-refractivity contribution in [3.8, 4) is 0 Å². The molecule has 0 aromatic carbocycles. The van der Waals surface area contributed by atoms with Gasteiger partial charge in [-0.1, -0.05) is 0 Å². The smallest absolute Gasteiger partial charge is 0.333 e. The first-order chi connectivity index (χ1) is 8.55. The average molecular weight is 277 g/mol. The van der Waals surface area contributed by atoms with Gasteiger partial charge in [0.15, 0.2) is 0 Å². The molecule has 0 heterocycles. The second-order valence-corrected chi connectivity index (χ2v) is 4.24. The first-order valence-electron chi connectivity index (χ1n) is 5.56. The van der Waals surface area contributed by atoms with Gasteiger partial charge in [-0.25, -0.2) is 9.59 Å². The Hall–Kier alpha value is -1.48. The molecule has 0 spiro atoms. The number of hydrogen-bond donors (Lipinski definition) is 6. The van der Waals surface area contributed by atoms with Gasteiger partial charge in [0, 0.05) is 6.08 Å². The molecule has 0 aromatic heterocycles. The third-order valence-electron chi connectivity index (χ3n) is 2.71. The van der Waals surface area contributed by atoms with Crippen LogP contribution in [0.3, 0.4) is 0 Å². The Labute approximate surface area is 110 Å². The second kappa shape index (κ2) is 6.62. The molecule has 0 bridgehead atoms. The van der Waals surface area contributed by atoms with Crippen molar-refractivity contribution in [1.29, 1.82) is 0 Å². The summed E-state index contributed by atoms with van der Waals surface area (Å²) in [5, 5.41) is 49.0. The molecule has 0 rings (SSSR count). The number of nitrogens with one attached hydrogen (secondary N) is 1. The van der Waals surface area contributed by atoms with Crippen LogP contribution in [-0.2, 0) is 9.59 Å². The van der Waals surface area contributed by atoms with Crippen LogP contribution in [0.15, 0.2) is 11.6 Å². The Bertz CT molecular complexity index is 365. The average Bonchev–Trinajstić information content (AvgIpc) is 2.20. The lowest BCUT2D eigenvalue weighted by Gasteiger charge is -2.41. The highest BCUT2D eigenvalue weighted by Crippen LogP contribution is 2.27. The van der Waals surface area contributed by atoms with Crippen LogP contribution in [0.2, 0.25) is 0 Å². The molecule has 0 aromatic rings. The highest BCUT2D eigenvalue weighted by atomic mass is 16.4. The van der Waals surface area contributed by atoms with Gasteiger partial charge in [0.1, 0.15) is 11.8 Å². The molecular weight excluding hydrogens is 258 g/mol. The highest BCUT2D eigenvalue weighted by Gasteiger charge is 2.47. The van der Waals surface area contributed by atoms with Crippen LogP contribution in [-0.4, -0.2) is 61.4 Å². The van der Waals surface area contributed by atoms with Gasteiger partial charge in [-0.15, -0.1) is 0 Å². The quantitative estimate of drug-likeness (QED) is 0.243. The van der Waals surface area contributed by atoms with Crippen molar-refractivity contribution >= 4 is 11.9 Å². The van der Waals surface area contributed by atoms with Crippen molar-refractivity contribution in [2.24, 2.45) is 0 Å². The van der Waals surface area contributed by atoms with Gasteiger partial charge in [-0.3, -0.25) is 5.32 Å². The zero-order chi connectivity index (χ0) is 15.4. The van der Waals surface area contributed by atoms with Crippen LogP contribution in [0.5, 0.6) is 0 Å². The molecule has 0 amide bonds. The van der Waals surface area contributed by atoms with E-state index in [2.05, 4.69) is 5.32 Å². The van der Waals surface area contributed by atoms with Crippen molar-refractivity contribution in [2.45, 2.75) is 44.7 Å². The molecule has 0 saturated heterocycles. The molecule has 0 fully saturated rings. The monoisotopic (exact) mass is 277 g/mol. The summed E-state index contributed by atoms with van der Waals surface area (Å²) in [6.45, 7) is 3.61. The summed E-state index contributed by atoms with van der Waals surface area (Å²) < 4.78 is 0. The number of aliphatic carboxylic acids is 2. The normalized spacial score (nSPS) is 20.2. The largest absolute Gasteiger partial charge is 0.478 e. The number of hydrogen-bond acceptors (Lipinski definition) is 6. The summed E-state index contributed by atoms with van der Waals surface area (Å²) in [6, 6.07) is 0. The minimum absolute atomic E-state index is 0.372. The Kier molecular flexibility index (Phi) is 6.10. The van der Waals surface area contributed by atoms with E-state index in [0.29, 0.717) is 6.08 Å². The van der Waals surface area contributed by atoms with E-state index < -0.39 is 41.5 Å². The lowest BCUT2D eigenvalue weighted by molar-refractivity contribution is -0.138. The lowest BCUT2D eigenvalue weighted by Crippen LogP contribution is -2.65. The topological polar surface area (TPSA) is 147 Å². The molecular formula is C11H19NO7. The molecule has 0 aliphatic carbocycles. The van der Waals surface area contributed by atoms with Gasteiger partial charge in [0.05, 0.1) is 17.8 Å². The van der Waals surface area contributed by atoms with Crippen LogP contribution in [0.25, 0.3) is 0 Å². The summed E-state index contributed by atoms with van der Waals surface area (Å²) in [4.78, 5) is 21.9. The van der Waals surface area contributed by atoms with Gasteiger partial charge < -0.3 is 25.5 Å². The Morgan fingerprint density at radius 2 is 1.47 bits per heavy atom. The SMILES string of the molecule is CC(O)NC(/C(=C/C(=O)O)C(=O)O)(C(C)O)C(C)O. The molecule has 0 aliphatic heterocycles. The zero-order valence-corrected chi connectivity index (χ0v) is 10.9. The molecule has 0 aliphatic rings. The predicted molar refractivity (Wildman–Crippen MR) is 64.3 cm³/mol. The van der Waals surface area contributed by atoms with Gasteiger partial charge in [-0.2, -0.15) is 0 Å². The molecule has 3 atom stereocenters. The first kappa shape index (κ1) is 17.5. The maximum absolute atomic E-state index is 11.2. The lowest BCUT2D eigenvalue weighted by atomic mass is 9.79. The van der Waals surface area contributed by atoms with E-state index in [1.54, 1.807) is 0 Å². The van der Waals surface area contributed by atoms with E-state index in [4.69, 9.17) is 10.2 Å². The zero-order valence-electron chi connectivity index (χ0n) is 10.9. The number of carboxylic acid groups (broad SMARTS) is 2. The summed E-state index contributed by atoms with van der Waals surface area (Å²) in [6.07, 6.45) is -3.84. The number of carboxylic acids is 2. The van der Waals surface area contributed by atoms with Crippen LogP contribution >= 0.6 is 0 Å². The van der Waals surface area contributed by atoms with E-state index >= 15 is 0 Å². The molecule has 8 nitrogen and oxygen atoms in total. The van der Waals surface area contributed by atoms with Crippen molar-refractivity contribution in [3.63, 3.8) is 0 Å². The summed E-state index contributed by atoms with van der Waals surface area (Å²) in [5.74, 6) is -3.17. The van der Waals surface area contributed by atoms with E-state index in [1.807, 2.05) is 0 Å². The fourth-order valence-corrected chi connectivity index (χ4v) is 1.95. The standard InChI is InChI=1S/C11H19NO7/c1-5(13)11(6(2)14,12-7(3)15)8(10(18)19)4-9(16)17/h4-7,12-15H,1-3H3,(H,16,17)(H,18,19)/b8-4+. The molecule has 8 heteroatoms. The van der Waals surface area contributed by atoms with E-state index in [1.165, 1.54) is 20.8 Å². The fourth-order valence-electron chi connectivity index (χ4n) is 1.95. The highest BCUT2D eigenvalue weighted by molar-refractivity contribution is 5.97. The second-order valence-electron chi connectivity index (χ2n) is 4.24. The number of rotatable bonds is 7. The minimum atomic E-state index is -2.02. The maximum atomic E-state index is 11.2. The molecule has 110 valence electrons. The third kappa shape index (κ3) is 4.00. The van der Waals surface area contributed by atoms with E-state index in [0.717, 1.165) is 0 Å². The summed E-state index contributed by atoms with van der Waals surface area (Å²) in [5.41, 5.74) is -2.77. The van der Waals surface area contributed by atoms with Crippen LogP contribution in [0.4, 0.5) is 0 Å². The fraction of sp³-hybridized carbons (Fsp3) is 0.636. The first-order valence-corrected chi connectivity index (χ1v) is 5.56. The van der Waals surface area contributed by atoms with Crippen LogP contribution in [0.1, 0.15) is 20.8 Å². The summed E-state index contributed by atoms with van der Waals surface area (Å²) in [7, 11) is 0. The molecule has 0 radical (unpaired) electrons. The van der Waals surface area contributed by atoms with Crippen molar-refractivity contribution in [2.75, 3.05) is 0 Å². The van der Waals surface area contributed by atoms with E-state index in [-0.39, 0.29) is 0 Å². The Balaban J connectivity index is 6.04. The van der Waals surface area contributed by atoms with Crippen LogP contribution < -0.4 is 5.32 Å².